The second-order valence-electron chi connectivity index (χ2n) is 6.26. The van der Waals surface area contributed by atoms with E-state index in [9.17, 15) is 14.0 Å². The van der Waals surface area contributed by atoms with Gasteiger partial charge in [-0.25, -0.2) is 4.39 Å². The van der Waals surface area contributed by atoms with Gasteiger partial charge in [0.2, 0.25) is 5.91 Å². The molecule has 0 aliphatic heterocycles. The highest BCUT2D eigenvalue weighted by Gasteiger charge is 2.10. The number of amides is 2. The summed E-state index contributed by atoms with van der Waals surface area (Å²) < 4.78 is 14.4. The lowest BCUT2D eigenvalue weighted by Gasteiger charge is -2.09. The first-order valence-corrected chi connectivity index (χ1v) is 10.5. The zero-order valence-electron chi connectivity index (χ0n) is 15.5. The van der Waals surface area contributed by atoms with Crippen LogP contribution in [0.15, 0.2) is 76.1 Å². The van der Waals surface area contributed by atoms with Gasteiger partial charge in [0.05, 0.1) is 11.4 Å². The van der Waals surface area contributed by atoms with E-state index in [1.54, 1.807) is 24.3 Å². The van der Waals surface area contributed by atoms with Gasteiger partial charge in [0.1, 0.15) is 5.82 Å². The maximum atomic E-state index is 13.8. The molecule has 3 aromatic rings. The van der Waals surface area contributed by atoms with Crippen molar-refractivity contribution in [3.63, 3.8) is 0 Å². The van der Waals surface area contributed by atoms with E-state index in [2.05, 4.69) is 26.6 Å². The van der Waals surface area contributed by atoms with Crippen LogP contribution in [-0.2, 0) is 4.79 Å². The summed E-state index contributed by atoms with van der Waals surface area (Å²) in [7, 11) is 0. The lowest BCUT2D eigenvalue weighted by molar-refractivity contribution is -0.113. The molecule has 0 aliphatic rings. The second-order valence-corrected chi connectivity index (χ2v) is 8.22. The molecule has 2 N–H and O–H groups in total. The van der Waals surface area contributed by atoms with Crippen LogP contribution in [-0.4, -0.2) is 17.6 Å². The zero-order valence-corrected chi connectivity index (χ0v) is 17.9. The Bertz CT molecular complexity index is 1060. The number of benzene rings is 3. The van der Waals surface area contributed by atoms with Crippen LogP contribution in [0.25, 0.3) is 0 Å². The van der Waals surface area contributed by atoms with Gasteiger partial charge >= 0.3 is 0 Å². The Morgan fingerprint density at radius 3 is 2.55 bits per heavy atom. The van der Waals surface area contributed by atoms with Gasteiger partial charge in [0, 0.05) is 20.6 Å². The summed E-state index contributed by atoms with van der Waals surface area (Å²) >= 11 is 4.48. The topological polar surface area (TPSA) is 58.2 Å². The molecule has 0 aromatic heterocycles. The molecule has 7 heteroatoms. The minimum atomic E-state index is -0.501. The molecule has 0 saturated carbocycles. The van der Waals surface area contributed by atoms with Crippen molar-refractivity contribution in [2.75, 3.05) is 16.4 Å². The first-order chi connectivity index (χ1) is 13.9. The third kappa shape index (κ3) is 5.92. The van der Waals surface area contributed by atoms with Crippen LogP contribution in [0.3, 0.4) is 0 Å². The van der Waals surface area contributed by atoms with Gasteiger partial charge in [-0.3, -0.25) is 9.59 Å². The molecule has 0 heterocycles. The van der Waals surface area contributed by atoms with Gasteiger partial charge in [0.25, 0.3) is 5.91 Å². The number of carbonyl (C=O) groups is 2. The van der Waals surface area contributed by atoms with Gasteiger partial charge in [-0.1, -0.05) is 40.2 Å². The van der Waals surface area contributed by atoms with E-state index < -0.39 is 5.82 Å². The maximum Gasteiger partial charge on any atom is 0.255 e. The lowest BCUT2D eigenvalue weighted by atomic mass is 10.1. The highest BCUT2D eigenvalue weighted by atomic mass is 79.9. The van der Waals surface area contributed by atoms with Crippen LogP contribution < -0.4 is 10.6 Å². The van der Waals surface area contributed by atoms with Crippen LogP contribution in [0.1, 0.15) is 15.9 Å². The van der Waals surface area contributed by atoms with Gasteiger partial charge in [-0.15, -0.1) is 11.8 Å². The van der Waals surface area contributed by atoms with Gasteiger partial charge in [0.15, 0.2) is 0 Å². The predicted molar refractivity (Wildman–Crippen MR) is 119 cm³/mol. The molecule has 0 saturated heterocycles. The number of thioether (sulfide) groups is 1. The third-order valence-corrected chi connectivity index (χ3v) is 5.54. The highest BCUT2D eigenvalue weighted by Crippen LogP contribution is 2.24. The molecular weight excluding hydrogens is 455 g/mol. The molecule has 29 heavy (non-hydrogen) atoms. The van der Waals surface area contributed by atoms with Crippen molar-refractivity contribution >= 4 is 50.9 Å². The molecular formula is C22H18BrFN2O2S. The van der Waals surface area contributed by atoms with Crippen molar-refractivity contribution in [3.8, 4) is 0 Å². The van der Waals surface area contributed by atoms with Crippen molar-refractivity contribution in [2.45, 2.75) is 11.8 Å². The normalized spacial score (nSPS) is 10.4. The zero-order chi connectivity index (χ0) is 20.8. The van der Waals surface area contributed by atoms with Gasteiger partial charge in [-0.2, -0.15) is 0 Å². The molecule has 3 aromatic carbocycles. The van der Waals surface area contributed by atoms with E-state index in [4.69, 9.17) is 0 Å². The summed E-state index contributed by atoms with van der Waals surface area (Å²) in [5.41, 5.74) is 2.29. The Kier molecular flexibility index (Phi) is 7.06. The molecule has 0 unspecified atom stereocenters. The lowest BCUT2D eigenvalue weighted by Crippen LogP contribution is -2.15. The van der Waals surface area contributed by atoms with E-state index in [1.165, 1.54) is 23.9 Å². The number of aryl methyl sites for hydroxylation is 1. The molecule has 0 atom stereocenters. The first kappa shape index (κ1) is 21.1. The number of hydrogen-bond acceptors (Lipinski definition) is 3. The Hall–Kier alpha value is -2.64. The van der Waals surface area contributed by atoms with Crippen molar-refractivity contribution < 1.29 is 14.0 Å². The van der Waals surface area contributed by atoms with E-state index in [-0.39, 0.29) is 23.3 Å². The number of rotatable bonds is 6. The molecule has 0 fully saturated rings. The molecule has 0 spiro atoms. The van der Waals surface area contributed by atoms with Crippen LogP contribution in [0, 0.1) is 12.7 Å². The summed E-state index contributed by atoms with van der Waals surface area (Å²) in [4.78, 5) is 25.4. The number of anilines is 2. The molecule has 0 aliphatic carbocycles. The average Bonchev–Trinajstić information content (AvgIpc) is 2.69. The van der Waals surface area contributed by atoms with Crippen LogP contribution in [0.2, 0.25) is 0 Å². The Morgan fingerprint density at radius 2 is 1.79 bits per heavy atom. The van der Waals surface area contributed by atoms with E-state index in [1.807, 2.05) is 37.3 Å². The SMILES string of the molecule is Cc1ccccc1C(=O)Nc1cccc(SCC(=O)Nc2ccc(Br)cc2F)c1. The van der Waals surface area contributed by atoms with E-state index in [0.717, 1.165) is 10.5 Å². The molecule has 148 valence electrons. The predicted octanol–water partition coefficient (Wildman–Crippen LogP) is 5.88. The second kappa shape index (κ2) is 9.71. The largest absolute Gasteiger partial charge is 0.323 e. The van der Waals surface area contributed by atoms with Gasteiger partial charge in [-0.05, 0) is 55.0 Å². The summed E-state index contributed by atoms with van der Waals surface area (Å²) in [5, 5.41) is 5.43. The first-order valence-electron chi connectivity index (χ1n) is 8.77. The third-order valence-electron chi connectivity index (χ3n) is 4.06. The summed E-state index contributed by atoms with van der Waals surface area (Å²) in [6.07, 6.45) is 0. The van der Waals surface area contributed by atoms with Crippen molar-refractivity contribution in [2.24, 2.45) is 0 Å². The monoisotopic (exact) mass is 472 g/mol. The molecule has 3 rings (SSSR count). The minimum Gasteiger partial charge on any atom is -0.323 e. The van der Waals surface area contributed by atoms with E-state index in [0.29, 0.717) is 15.7 Å². The fourth-order valence-electron chi connectivity index (χ4n) is 2.62. The number of nitrogens with one attached hydrogen (secondary N) is 2. The highest BCUT2D eigenvalue weighted by molar-refractivity contribution is 9.10. The van der Waals surface area contributed by atoms with Gasteiger partial charge < -0.3 is 10.6 Å². The van der Waals surface area contributed by atoms with Crippen molar-refractivity contribution in [1.29, 1.82) is 0 Å². The summed E-state index contributed by atoms with van der Waals surface area (Å²) in [6, 6.07) is 19.1. The molecule has 2 amide bonds. The Balaban J connectivity index is 1.59. The van der Waals surface area contributed by atoms with Crippen LogP contribution >= 0.6 is 27.7 Å². The van der Waals surface area contributed by atoms with Crippen molar-refractivity contribution in [1.82, 2.24) is 0 Å². The number of halogens is 2. The van der Waals surface area contributed by atoms with Crippen LogP contribution in [0.4, 0.5) is 15.8 Å². The fraction of sp³-hybridized carbons (Fsp3) is 0.0909. The standard InChI is InChI=1S/C22H18BrFN2O2S/c1-14-5-2-3-8-18(14)22(28)25-16-6-4-7-17(12-16)29-13-21(27)26-20-10-9-15(23)11-19(20)24/h2-12H,13H2,1H3,(H,25,28)(H,26,27). The Labute approximate surface area is 181 Å². The van der Waals surface area contributed by atoms with Crippen LogP contribution in [0.5, 0.6) is 0 Å². The number of carbonyl (C=O) groups excluding carboxylic acids is 2. The quantitative estimate of drug-likeness (QED) is 0.440. The van der Waals surface area contributed by atoms with Crippen molar-refractivity contribution in [3.05, 3.63) is 88.1 Å². The fourth-order valence-corrected chi connectivity index (χ4v) is 3.70. The summed E-state index contributed by atoms with van der Waals surface area (Å²) in [6.45, 7) is 1.88. The summed E-state index contributed by atoms with van der Waals surface area (Å²) in [5.74, 6) is -0.886. The number of hydrogen-bond donors (Lipinski definition) is 2. The maximum absolute atomic E-state index is 13.8. The molecule has 4 nitrogen and oxygen atoms in total. The Morgan fingerprint density at radius 1 is 1.00 bits per heavy atom. The smallest absolute Gasteiger partial charge is 0.255 e. The van der Waals surface area contributed by atoms with E-state index >= 15 is 0 Å². The minimum absolute atomic E-state index is 0.116. The average molecular weight is 473 g/mol. The molecule has 0 bridgehead atoms. The molecule has 0 radical (unpaired) electrons.